The van der Waals surface area contributed by atoms with E-state index >= 15 is 0 Å². The third-order valence-corrected chi connectivity index (χ3v) is 3.90. The number of nitrogens with one attached hydrogen (secondary N) is 1. The van der Waals surface area contributed by atoms with Crippen LogP contribution in [0, 0.1) is 0 Å². The van der Waals surface area contributed by atoms with E-state index in [4.69, 9.17) is 4.74 Å². The van der Waals surface area contributed by atoms with Crippen molar-refractivity contribution >= 4 is 22.3 Å². The van der Waals surface area contributed by atoms with Crippen LogP contribution in [0.4, 0.5) is 5.00 Å². The summed E-state index contributed by atoms with van der Waals surface area (Å²) in [6.07, 6.45) is 4.79. The van der Waals surface area contributed by atoms with Crippen LogP contribution in [0.2, 0.25) is 0 Å². The highest BCUT2D eigenvalue weighted by molar-refractivity contribution is 7.14. The number of hydrogen-bond donors (Lipinski definition) is 1. The predicted molar refractivity (Wildman–Crippen MR) is 68.6 cm³/mol. The number of aromatic nitrogens is 1. The van der Waals surface area contributed by atoms with Gasteiger partial charge in [0.05, 0.1) is 12.1 Å². The summed E-state index contributed by atoms with van der Waals surface area (Å²) in [6, 6.07) is 0. The normalized spacial score (nSPS) is 18.0. The lowest BCUT2D eigenvalue weighted by Gasteiger charge is -2.25. The van der Waals surface area contributed by atoms with Gasteiger partial charge in [-0.1, -0.05) is 12.8 Å². The standard InChI is InChI=1S/C12H18N2O2S/c1-3-16-11(15)9-10(17-8-13-9)14-12(2)6-4-5-7-12/h8,14H,3-7H2,1-2H3. The van der Waals surface area contributed by atoms with Crippen LogP contribution in [0.15, 0.2) is 5.51 Å². The van der Waals surface area contributed by atoms with E-state index in [0.29, 0.717) is 12.3 Å². The van der Waals surface area contributed by atoms with E-state index in [0.717, 1.165) is 17.8 Å². The van der Waals surface area contributed by atoms with Gasteiger partial charge in [0.2, 0.25) is 0 Å². The Morgan fingerprint density at radius 2 is 2.29 bits per heavy atom. The number of esters is 1. The van der Waals surface area contributed by atoms with Crippen LogP contribution < -0.4 is 5.32 Å². The molecule has 2 rings (SSSR count). The Bertz CT molecular complexity index is 397. The molecular weight excluding hydrogens is 236 g/mol. The Morgan fingerprint density at radius 3 is 2.94 bits per heavy atom. The molecule has 0 radical (unpaired) electrons. The van der Waals surface area contributed by atoms with Gasteiger partial charge in [-0.05, 0) is 26.7 Å². The zero-order chi connectivity index (χ0) is 12.3. The summed E-state index contributed by atoms with van der Waals surface area (Å²) < 4.78 is 4.99. The van der Waals surface area contributed by atoms with Gasteiger partial charge in [-0.2, -0.15) is 0 Å². The van der Waals surface area contributed by atoms with Crippen LogP contribution >= 0.6 is 11.3 Å². The highest BCUT2D eigenvalue weighted by Gasteiger charge is 2.30. The van der Waals surface area contributed by atoms with E-state index in [2.05, 4.69) is 17.2 Å². The molecule has 1 N–H and O–H groups in total. The number of hydrogen-bond acceptors (Lipinski definition) is 5. The molecule has 1 heterocycles. The molecule has 17 heavy (non-hydrogen) atoms. The molecule has 1 aliphatic carbocycles. The largest absolute Gasteiger partial charge is 0.461 e. The van der Waals surface area contributed by atoms with E-state index in [9.17, 15) is 4.79 Å². The van der Waals surface area contributed by atoms with Crippen molar-refractivity contribution in [2.75, 3.05) is 11.9 Å². The van der Waals surface area contributed by atoms with E-state index in [1.807, 2.05) is 0 Å². The summed E-state index contributed by atoms with van der Waals surface area (Å²) in [4.78, 5) is 15.8. The molecule has 5 heteroatoms. The summed E-state index contributed by atoms with van der Waals surface area (Å²) >= 11 is 1.47. The molecule has 0 saturated heterocycles. The summed E-state index contributed by atoms with van der Waals surface area (Å²) in [7, 11) is 0. The van der Waals surface area contributed by atoms with Crippen LogP contribution in [-0.4, -0.2) is 23.1 Å². The summed E-state index contributed by atoms with van der Waals surface area (Å²) in [6.45, 7) is 4.39. The first-order valence-electron chi connectivity index (χ1n) is 6.03. The third kappa shape index (κ3) is 2.77. The maximum Gasteiger partial charge on any atom is 0.360 e. The summed E-state index contributed by atoms with van der Waals surface area (Å²) in [5.41, 5.74) is 2.21. The lowest BCUT2D eigenvalue weighted by Crippen LogP contribution is -2.31. The van der Waals surface area contributed by atoms with Crippen LogP contribution in [-0.2, 0) is 4.74 Å². The molecule has 0 aromatic carbocycles. The molecule has 0 spiro atoms. The van der Waals surface area contributed by atoms with Crippen molar-refractivity contribution in [1.29, 1.82) is 0 Å². The first-order chi connectivity index (χ1) is 8.14. The van der Waals surface area contributed by atoms with Crippen molar-refractivity contribution in [2.45, 2.75) is 45.1 Å². The van der Waals surface area contributed by atoms with Gasteiger partial charge in [0.25, 0.3) is 0 Å². The minimum atomic E-state index is -0.335. The Labute approximate surface area is 105 Å². The highest BCUT2D eigenvalue weighted by atomic mass is 32.1. The quantitative estimate of drug-likeness (QED) is 0.839. The molecular formula is C12H18N2O2S. The fraction of sp³-hybridized carbons (Fsp3) is 0.667. The summed E-state index contributed by atoms with van der Waals surface area (Å²) in [5.74, 6) is -0.335. The summed E-state index contributed by atoms with van der Waals surface area (Å²) in [5, 5.41) is 4.30. The average Bonchev–Trinajstić information content (AvgIpc) is 2.88. The molecule has 0 bridgehead atoms. The average molecular weight is 254 g/mol. The lowest BCUT2D eigenvalue weighted by atomic mass is 10.0. The Kier molecular flexibility index (Phi) is 3.66. The van der Waals surface area contributed by atoms with Crippen molar-refractivity contribution in [3.8, 4) is 0 Å². The zero-order valence-corrected chi connectivity index (χ0v) is 11.1. The molecule has 0 atom stereocenters. The third-order valence-electron chi connectivity index (χ3n) is 3.16. The van der Waals surface area contributed by atoms with E-state index in [-0.39, 0.29) is 11.5 Å². The van der Waals surface area contributed by atoms with Crippen LogP contribution in [0.3, 0.4) is 0 Å². The van der Waals surface area contributed by atoms with E-state index in [1.165, 1.54) is 24.2 Å². The van der Waals surface area contributed by atoms with Crippen LogP contribution in [0.5, 0.6) is 0 Å². The number of anilines is 1. The lowest BCUT2D eigenvalue weighted by molar-refractivity contribution is 0.0521. The Morgan fingerprint density at radius 1 is 1.59 bits per heavy atom. The number of carbonyl (C=O) groups is 1. The number of nitrogens with zero attached hydrogens (tertiary/aromatic N) is 1. The minimum Gasteiger partial charge on any atom is -0.461 e. The van der Waals surface area contributed by atoms with E-state index < -0.39 is 0 Å². The predicted octanol–water partition coefficient (Wildman–Crippen LogP) is 3.06. The molecule has 1 aromatic heterocycles. The van der Waals surface area contributed by atoms with E-state index in [1.54, 1.807) is 12.4 Å². The smallest absolute Gasteiger partial charge is 0.360 e. The van der Waals surface area contributed by atoms with Crippen LogP contribution in [0.25, 0.3) is 0 Å². The number of rotatable bonds is 4. The molecule has 94 valence electrons. The van der Waals surface area contributed by atoms with Crippen molar-refractivity contribution < 1.29 is 9.53 Å². The second-order valence-electron chi connectivity index (χ2n) is 4.64. The van der Waals surface area contributed by atoms with Gasteiger partial charge in [0, 0.05) is 5.54 Å². The second kappa shape index (κ2) is 5.04. The van der Waals surface area contributed by atoms with Crippen LogP contribution in [0.1, 0.15) is 50.0 Å². The van der Waals surface area contributed by atoms with Crippen molar-refractivity contribution in [3.63, 3.8) is 0 Å². The monoisotopic (exact) mass is 254 g/mol. The van der Waals surface area contributed by atoms with Gasteiger partial charge in [0.15, 0.2) is 5.69 Å². The molecule has 4 nitrogen and oxygen atoms in total. The number of ether oxygens (including phenoxy) is 1. The molecule has 1 saturated carbocycles. The fourth-order valence-corrected chi connectivity index (χ4v) is 3.05. The van der Waals surface area contributed by atoms with Crippen molar-refractivity contribution in [2.24, 2.45) is 0 Å². The molecule has 1 aromatic rings. The molecule has 0 aliphatic heterocycles. The van der Waals surface area contributed by atoms with Gasteiger partial charge >= 0.3 is 5.97 Å². The maximum absolute atomic E-state index is 11.7. The second-order valence-corrected chi connectivity index (χ2v) is 5.50. The SMILES string of the molecule is CCOC(=O)c1ncsc1NC1(C)CCCC1. The van der Waals surface area contributed by atoms with Crippen molar-refractivity contribution in [1.82, 2.24) is 4.98 Å². The van der Waals surface area contributed by atoms with Gasteiger partial charge < -0.3 is 10.1 Å². The molecule has 0 unspecified atom stereocenters. The van der Waals surface area contributed by atoms with Gasteiger partial charge in [-0.15, -0.1) is 11.3 Å². The highest BCUT2D eigenvalue weighted by Crippen LogP contribution is 2.35. The number of thiazole rings is 1. The minimum absolute atomic E-state index is 0.105. The molecule has 0 amide bonds. The van der Waals surface area contributed by atoms with Gasteiger partial charge in [-0.3, -0.25) is 0 Å². The van der Waals surface area contributed by atoms with Gasteiger partial charge in [-0.25, -0.2) is 9.78 Å². The zero-order valence-electron chi connectivity index (χ0n) is 10.3. The van der Waals surface area contributed by atoms with Crippen molar-refractivity contribution in [3.05, 3.63) is 11.2 Å². The fourth-order valence-electron chi connectivity index (χ4n) is 2.23. The first kappa shape index (κ1) is 12.4. The Hall–Kier alpha value is -1.10. The topological polar surface area (TPSA) is 51.2 Å². The molecule has 1 fully saturated rings. The van der Waals surface area contributed by atoms with Gasteiger partial charge in [0.1, 0.15) is 5.00 Å². The maximum atomic E-state index is 11.7. The first-order valence-corrected chi connectivity index (χ1v) is 6.91. The Balaban J connectivity index is 2.11. The molecule has 1 aliphatic rings. The number of carbonyl (C=O) groups excluding carboxylic acids is 1.